The summed E-state index contributed by atoms with van der Waals surface area (Å²) in [4.78, 5) is 5.29. The van der Waals surface area contributed by atoms with Gasteiger partial charge in [0.2, 0.25) is 5.00 Å². The summed E-state index contributed by atoms with van der Waals surface area (Å²) >= 11 is 1.16. The van der Waals surface area contributed by atoms with Crippen LogP contribution in [0.5, 0.6) is 0 Å². The van der Waals surface area contributed by atoms with Crippen molar-refractivity contribution in [3.05, 3.63) is 46.3 Å². The van der Waals surface area contributed by atoms with E-state index >= 15 is 0 Å². The van der Waals surface area contributed by atoms with Gasteiger partial charge in [-0.2, -0.15) is 5.26 Å². The predicted octanol–water partition coefficient (Wildman–Crippen LogP) is 3.99. The molecule has 0 fully saturated rings. The van der Waals surface area contributed by atoms with Gasteiger partial charge in [0, 0.05) is 18.8 Å². The number of rotatable bonds is 7. The van der Waals surface area contributed by atoms with Crippen LogP contribution in [0.3, 0.4) is 0 Å². The molecule has 2 aromatic rings. The Bertz CT molecular complexity index is 886. The lowest BCUT2D eigenvalue weighted by Crippen LogP contribution is -2.29. The van der Waals surface area contributed by atoms with Gasteiger partial charge in [-0.3, -0.25) is 0 Å². The molecule has 0 saturated heterocycles. The Balaban J connectivity index is 2.30. The quantitative estimate of drug-likeness (QED) is 0.569. The van der Waals surface area contributed by atoms with Crippen molar-refractivity contribution in [1.82, 2.24) is 0 Å². The third-order valence-corrected chi connectivity index (χ3v) is 4.92. The molecule has 0 unspecified atom stereocenters. The minimum Gasteiger partial charge on any atom is -0.395 e. The molecule has 0 aliphatic rings. The SMILES string of the molecule is [C-]#[N+]c1sc(N=Nc2ccc(N(CCO)CCO)cc2C)c(C#N)c1C. The van der Waals surface area contributed by atoms with Crippen molar-refractivity contribution >= 4 is 32.7 Å². The number of anilines is 1. The van der Waals surface area contributed by atoms with Crippen LogP contribution in [0.15, 0.2) is 28.4 Å². The van der Waals surface area contributed by atoms with E-state index in [2.05, 4.69) is 21.1 Å². The topological polar surface area (TPSA) is 96.6 Å². The number of nitriles is 1. The van der Waals surface area contributed by atoms with E-state index in [0.29, 0.717) is 39.9 Å². The second-order valence-electron chi connectivity index (χ2n) is 5.54. The number of aliphatic hydroxyl groups excluding tert-OH is 2. The largest absolute Gasteiger partial charge is 0.395 e. The third-order valence-electron chi connectivity index (χ3n) is 3.85. The van der Waals surface area contributed by atoms with Gasteiger partial charge in [0.15, 0.2) is 0 Å². The van der Waals surface area contributed by atoms with Gasteiger partial charge in [0.05, 0.1) is 31.0 Å². The molecule has 0 bridgehead atoms. The van der Waals surface area contributed by atoms with Gasteiger partial charge < -0.3 is 15.1 Å². The van der Waals surface area contributed by atoms with Crippen molar-refractivity contribution in [1.29, 1.82) is 5.26 Å². The van der Waals surface area contributed by atoms with E-state index < -0.39 is 0 Å². The summed E-state index contributed by atoms with van der Waals surface area (Å²) < 4.78 is 0. The van der Waals surface area contributed by atoms with Crippen molar-refractivity contribution in [3.63, 3.8) is 0 Å². The van der Waals surface area contributed by atoms with Gasteiger partial charge in [0.25, 0.3) is 0 Å². The Kier molecular flexibility index (Phi) is 6.81. The van der Waals surface area contributed by atoms with Crippen LogP contribution in [0, 0.1) is 31.8 Å². The van der Waals surface area contributed by atoms with Crippen molar-refractivity contribution in [2.45, 2.75) is 13.8 Å². The van der Waals surface area contributed by atoms with Gasteiger partial charge in [0.1, 0.15) is 11.1 Å². The van der Waals surface area contributed by atoms with Crippen LogP contribution < -0.4 is 4.90 Å². The van der Waals surface area contributed by atoms with Gasteiger partial charge in [-0.25, -0.2) is 4.85 Å². The molecule has 1 heterocycles. The highest BCUT2D eigenvalue weighted by Gasteiger charge is 2.14. The van der Waals surface area contributed by atoms with E-state index in [9.17, 15) is 5.26 Å². The van der Waals surface area contributed by atoms with Crippen LogP contribution in [0.1, 0.15) is 16.7 Å². The molecule has 2 N–H and O–H groups in total. The maximum atomic E-state index is 9.26. The fraction of sp³-hybridized carbons (Fsp3) is 0.333. The monoisotopic (exact) mass is 369 g/mol. The standard InChI is InChI=1S/C18H19N5O2S/c1-12-10-14(23(6-8-24)7-9-25)4-5-16(12)21-22-18-15(11-19)13(2)17(20-3)26-18/h4-5,10,24-25H,6-9H2,1-2H3. The van der Waals surface area contributed by atoms with Gasteiger partial charge in [-0.05, 0) is 43.2 Å². The smallest absolute Gasteiger partial charge is 0.247 e. The first-order valence-electron chi connectivity index (χ1n) is 7.95. The number of aliphatic hydroxyl groups is 2. The lowest BCUT2D eigenvalue weighted by Gasteiger charge is -2.23. The van der Waals surface area contributed by atoms with Crippen molar-refractivity contribution in [2.75, 3.05) is 31.2 Å². The normalized spacial score (nSPS) is 10.7. The molecule has 0 amide bonds. The average molecular weight is 369 g/mol. The average Bonchev–Trinajstić information content (AvgIpc) is 2.95. The van der Waals surface area contributed by atoms with E-state index in [4.69, 9.17) is 16.8 Å². The molecular weight excluding hydrogens is 350 g/mol. The highest BCUT2D eigenvalue weighted by atomic mass is 32.1. The van der Waals surface area contributed by atoms with E-state index in [1.807, 2.05) is 24.0 Å². The number of thiophene rings is 1. The Hall–Kier alpha value is -2.78. The lowest BCUT2D eigenvalue weighted by atomic mass is 10.1. The molecule has 0 spiro atoms. The molecule has 0 saturated carbocycles. The maximum Gasteiger partial charge on any atom is 0.247 e. The highest BCUT2D eigenvalue weighted by Crippen LogP contribution is 2.41. The van der Waals surface area contributed by atoms with Crippen LogP contribution in [-0.2, 0) is 0 Å². The molecule has 0 aliphatic carbocycles. The Morgan fingerprint density at radius 3 is 2.46 bits per heavy atom. The first-order chi connectivity index (χ1) is 12.5. The van der Waals surface area contributed by atoms with Crippen LogP contribution in [0.25, 0.3) is 4.85 Å². The summed E-state index contributed by atoms with van der Waals surface area (Å²) in [6, 6.07) is 7.65. The minimum atomic E-state index is -0.00143. The van der Waals surface area contributed by atoms with Gasteiger partial charge in [-0.15, -0.1) is 21.6 Å². The molecular formula is C18H19N5O2S. The molecule has 26 heavy (non-hydrogen) atoms. The zero-order valence-corrected chi connectivity index (χ0v) is 15.4. The third kappa shape index (κ3) is 4.24. The van der Waals surface area contributed by atoms with E-state index in [1.165, 1.54) is 0 Å². The molecule has 0 aliphatic heterocycles. The summed E-state index contributed by atoms with van der Waals surface area (Å²) in [5, 5.41) is 36.8. The number of azo groups is 1. The van der Waals surface area contributed by atoms with Gasteiger partial charge in [-0.1, -0.05) is 0 Å². The van der Waals surface area contributed by atoms with Crippen molar-refractivity contribution in [2.24, 2.45) is 10.2 Å². The molecule has 7 nitrogen and oxygen atoms in total. The zero-order valence-electron chi connectivity index (χ0n) is 14.6. The second kappa shape index (κ2) is 9.07. The fourth-order valence-corrected chi connectivity index (χ4v) is 3.32. The van der Waals surface area contributed by atoms with Crippen LogP contribution in [0.4, 0.5) is 21.4 Å². The second-order valence-corrected chi connectivity index (χ2v) is 6.52. The Morgan fingerprint density at radius 1 is 1.23 bits per heavy atom. The predicted molar refractivity (Wildman–Crippen MR) is 102 cm³/mol. The summed E-state index contributed by atoms with van der Waals surface area (Å²) in [5.74, 6) is 0. The van der Waals surface area contributed by atoms with E-state index in [0.717, 1.165) is 22.6 Å². The fourth-order valence-electron chi connectivity index (χ4n) is 2.45. The summed E-state index contributed by atoms with van der Waals surface area (Å²) in [6.45, 7) is 11.6. The molecule has 134 valence electrons. The highest BCUT2D eigenvalue weighted by molar-refractivity contribution is 7.20. The number of nitrogens with zero attached hydrogens (tertiary/aromatic N) is 5. The molecule has 2 rings (SSSR count). The molecule has 1 aromatic carbocycles. The summed E-state index contributed by atoms with van der Waals surface area (Å²) in [7, 11) is 0. The maximum absolute atomic E-state index is 9.26. The molecule has 0 radical (unpaired) electrons. The van der Waals surface area contributed by atoms with Crippen LogP contribution in [-0.4, -0.2) is 36.5 Å². The lowest BCUT2D eigenvalue weighted by molar-refractivity contribution is 0.281. The zero-order chi connectivity index (χ0) is 19.1. The summed E-state index contributed by atoms with van der Waals surface area (Å²) in [5.41, 5.74) is 3.43. The minimum absolute atomic E-state index is 0.00143. The first kappa shape index (κ1) is 19.5. The molecule has 8 heteroatoms. The molecule has 1 aromatic heterocycles. The molecule has 0 atom stereocenters. The Labute approximate surface area is 156 Å². The van der Waals surface area contributed by atoms with Crippen molar-refractivity contribution in [3.8, 4) is 6.07 Å². The number of hydrogen-bond acceptors (Lipinski definition) is 7. The van der Waals surface area contributed by atoms with Gasteiger partial charge >= 0.3 is 0 Å². The first-order valence-corrected chi connectivity index (χ1v) is 8.77. The van der Waals surface area contributed by atoms with Crippen molar-refractivity contribution < 1.29 is 10.2 Å². The number of aryl methyl sites for hydroxylation is 1. The van der Waals surface area contributed by atoms with E-state index in [1.54, 1.807) is 13.0 Å². The van der Waals surface area contributed by atoms with Crippen LogP contribution >= 0.6 is 11.3 Å². The van der Waals surface area contributed by atoms with Crippen LogP contribution in [0.2, 0.25) is 0 Å². The number of benzene rings is 1. The van der Waals surface area contributed by atoms with E-state index in [-0.39, 0.29) is 13.2 Å². The Morgan fingerprint density at radius 2 is 1.92 bits per heavy atom. The summed E-state index contributed by atoms with van der Waals surface area (Å²) in [6.07, 6.45) is 0. The number of hydrogen-bond donors (Lipinski definition) is 2.